The van der Waals surface area contributed by atoms with Crippen LogP contribution in [0.1, 0.15) is 12.5 Å². The molecule has 2 atom stereocenters. The molecule has 2 aromatic rings. The zero-order chi connectivity index (χ0) is 17.5. The first-order chi connectivity index (χ1) is 11.3. The molecular formula is C12H15FN5O5P. The summed E-state index contributed by atoms with van der Waals surface area (Å²) in [5.41, 5.74) is 4.61. The van der Waals surface area contributed by atoms with E-state index in [1.165, 1.54) is 23.3 Å². The van der Waals surface area contributed by atoms with Crippen molar-refractivity contribution in [3.8, 4) is 0 Å². The third-order valence-corrected chi connectivity index (χ3v) is 4.29. The van der Waals surface area contributed by atoms with Gasteiger partial charge in [-0.2, -0.15) is 0 Å². The van der Waals surface area contributed by atoms with Gasteiger partial charge in [-0.3, -0.25) is 4.57 Å². The molecule has 0 saturated heterocycles. The van der Waals surface area contributed by atoms with Crippen molar-refractivity contribution < 1.29 is 28.6 Å². The van der Waals surface area contributed by atoms with Crippen molar-refractivity contribution in [2.24, 2.45) is 0 Å². The first-order valence-electron chi connectivity index (χ1n) is 6.86. The first kappa shape index (κ1) is 16.9. The van der Waals surface area contributed by atoms with Gasteiger partial charge in [-0.25, -0.2) is 19.3 Å². The lowest BCUT2D eigenvalue weighted by Crippen LogP contribution is -2.36. The Morgan fingerprint density at radius 3 is 2.88 bits per heavy atom. The average Bonchev–Trinajstić information content (AvgIpc) is 3.07. The van der Waals surface area contributed by atoms with Crippen LogP contribution < -0.4 is 5.73 Å². The molecule has 0 radical (unpaired) electrons. The highest BCUT2D eigenvalue weighted by molar-refractivity contribution is 7.51. The summed E-state index contributed by atoms with van der Waals surface area (Å²) in [5, 5.41) is 9.53. The number of aliphatic hydroxyl groups excluding tert-OH is 1. The van der Waals surface area contributed by atoms with Crippen LogP contribution in [0.25, 0.3) is 11.2 Å². The third-order valence-electron chi connectivity index (χ3n) is 3.82. The first-order valence-corrected chi connectivity index (χ1v) is 8.66. The fourth-order valence-corrected chi connectivity index (χ4v) is 3.04. The van der Waals surface area contributed by atoms with Gasteiger partial charge in [0.05, 0.1) is 19.0 Å². The summed E-state index contributed by atoms with van der Waals surface area (Å²) in [4.78, 5) is 29.8. The van der Waals surface area contributed by atoms with Crippen molar-refractivity contribution in [1.82, 2.24) is 19.5 Å². The molecule has 0 aliphatic heterocycles. The van der Waals surface area contributed by atoms with E-state index >= 15 is 0 Å². The predicted molar refractivity (Wildman–Crippen MR) is 80.4 cm³/mol. The molecule has 3 rings (SSSR count). The third kappa shape index (κ3) is 2.92. The molecule has 130 valence electrons. The second-order valence-corrected chi connectivity index (χ2v) is 7.05. The number of halogens is 1. The minimum absolute atomic E-state index is 0.0787. The lowest BCUT2D eigenvalue weighted by Gasteiger charge is -2.28. The number of nitrogens with zero attached hydrogens (tertiary/aromatic N) is 4. The average molecular weight is 359 g/mol. The maximum absolute atomic E-state index is 14.4. The van der Waals surface area contributed by atoms with Crippen LogP contribution in [0.5, 0.6) is 0 Å². The summed E-state index contributed by atoms with van der Waals surface area (Å²) in [6.07, 6.45) is 2.76. The van der Waals surface area contributed by atoms with Gasteiger partial charge in [0.25, 0.3) is 0 Å². The molecule has 2 aromatic heterocycles. The van der Waals surface area contributed by atoms with E-state index in [9.17, 15) is 14.1 Å². The summed E-state index contributed by atoms with van der Waals surface area (Å²) < 4.78 is 31.9. The van der Waals surface area contributed by atoms with Crippen molar-refractivity contribution in [1.29, 1.82) is 0 Å². The maximum atomic E-state index is 14.4. The predicted octanol–water partition coefficient (Wildman–Crippen LogP) is 0.0896. The van der Waals surface area contributed by atoms with Crippen LogP contribution in [0.15, 0.2) is 24.6 Å². The molecule has 12 heteroatoms. The number of anilines is 1. The number of allylic oxidation sites excluding steroid dienone is 1. The van der Waals surface area contributed by atoms with E-state index < -0.39 is 38.0 Å². The number of hydrogen-bond donors (Lipinski definition) is 4. The Bertz CT molecular complexity index is 851. The van der Waals surface area contributed by atoms with Crippen LogP contribution in [-0.2, 0) is 9.30 Å². The van der Waals surface area contributed by atoms with Gasteiger partial charge < -0.3 is 29.9 Å². The van der Waals surface area contributed by atoms with Crippen molar-refractivity contribution >= 4 is 24.6 Å². The van der Waals surface area contributed by atoms with Gasteiger partial charge in [0.2, 0.25) is 0 Å². The van der Waals surface area contributed by atoms with Crippen LogP contribution in [0.3, 0.4) is 0 Å². The van der Waals surface area contributed by atoms with Gasteiger partial charge in [-0.15, -0.1) is 0 Å². The van der Waals surface area contributed by atoms with E-state index in [0.717, 1.165) is 0 Å². The minimum Gasteiger partial charge on any atom is -0.393 e. The zero-order valence-corrected chi connectivity index (χ0v) is 13.2. The van der Waals surface area contributed by atoms with Gasteiger partial charge in [-0.1, -0.05) is 0 Å². The van der Waals surface area contributed by atoms with Crippen LogP contribution >= 0.6 is 7.60 Å². The number of hydrogen-bond acceptors (Lipinski definition) is 7. The standard InChI is InChI=1S/C12H15FN5O5P/c13-8-1-7(2-12(8,3-19)23-6-24(20,21)22)18-5-17-9-10(14)15-4-16-11(9)18/h1,4-5,7,19H,2-3,6H2,(H2,14,15,16)(H2,20,21,22)/t7-,12+/m0/s1. The molecule has 0 unspecified atom stereocenters. The topological polar surface area (TPSA) is 157 Å². The molecule has 0 spiro atoms. The lowest BCUT2D eigenvalue weighted by molar-refractivity contribution is -0.0534. The number of imidazole rings is 1. The fourth-order valence-electron chi connectivity index (χ4n) is 2.63. The monoisotopic (exact) mass is 359 g/mol. The van der Waals surface area contributed by atoms with Crippen molar-refractivity contribution in [2.45, 2.75) is 18.1 Å². The number of nitrogens with two attached hydrogens (primary N) is 1. The molecular weight excluding hydrogens is 344 g/mol. The molecule has 24 heavy (non-hydrogen) atoms. The molecule has 0 bridgehead atoms. The van der Waals surface area contributed by atoms with Crippen LogP contribution in [-0.4, -0.2) is 53.0 Å². The summed E-state index contributed by atoms with van der Waals surface area (Å²) in [6, 6.07) is -0.617. The summed E-state index contributed by atoms with van der Waals surface area (Å²) in [5.74, 6) is -0.639. The van der Waals surface area contributed by atoms with Crippen molar-refractivity contribution in [2.75, 3.05) is 18.7 Å². The molecule has 0 fully saturated rings. The van der Waals surface area contributed by atoms with Gasteiger partial charge >= 0.3 is 7.60 Å². The largest absolute Gasteiger partial charge is 0.393 e. The number of aromatic nitrogens is 4. The molecule has 1 aliphatic rings. The molecule has 5 N–H and O–H groups in total. The van der Waals surface area contributed by atoms with E-state index in [0.29, 0.717) is 11.2 Å². The number of rotatable bonds is 5. The number of aliphatic hydroxyl groups is 1. The molecule has 1 aliphatic carbocycles. The smallest absolute Gasteiger partial charge is 0.351 e. The van der Waals surface area contributed by atoms with E-state index in [-0.39, 0.29) is 12.2 Å². The van der Waals surface area contributed by atoms with Crippen molar-refractivity contribution in [3.05, 3.63) is 24.6 Å². The minimum atomic E-state index is -4.51. The molecule has 10 nitrogen and oxygen atoms in total. The molecule has 0 aromatic carbocycles. The maximum Gasteiger partial charge on any atom is 0.351 e. The van der Waals surface area contributed by atoms with E-state index in [1.807, 2.05) is 0 Å². The van der Waals surface area contributed by atoms with E-state index in [2.05, 4.69) is 15.0 Å². The van der Waals surface area contributed by atoms with Gasteiger partial charge in [0, 0.05) is 6.42 Å². The van der Waals surface area contributed by atoms with E-state index in [1.54, 1.807) is 0 Å². The van der Waals surface area contributed by atoms with Crippen LogP contribution in [0, 0.1) is 0 Å². The second kappa shape index (κ2) is 5.87. The Morgan fingerprint density at radius 1 is 1.46 bits per heavy atom. The Hall–Kier alpha value is -1.91. The highest BCUT2D eigenvalue weighted by atomic mass is 31.2. The quantitative estimate of drug-likeness (QED) is 0.543. The highest BCUT2D eigenvalue weighted by Crippen LogP contribution is 2.44. The lowest BCUT2D eigenvalue weighted by atomic mass is 10.0. The Labute approximate surface area is 135 Å². The van der Waals surface area contributed by atoms with Gasteiger partial charge in [0.1, 0.15) is 29.6 Å². The molecule has 0 saturated carbocycles. The van der Waals surface area contributed by atoms with Gasteiger partial charge in [-0.05, 0) is 6.08 Å². The van der Waals surface area contributed by atoms with Crippen LogP contribution in [0.2, 0.25) is 0 Å². The van der Waals surface area contributed by atoms with E-state index in [4.69, 9.17) is 20.3 Å². The Morgan fingerprint density at radius 2 is 2.21 bits per heavy atom. The highest BCUT2D eigenvalue weighted by Gasteiger charge is 2.45. The fraction of sp³-hybridized carbons (Fsp3) is 0.417. The number of fused-ring (bicyclic) bond motifs is 1. The summed E-state index contributed by atoms with van der Waals surface area (Å²) >= 11 is 0. The normalized spacial score (nSPS) is 24.5. The summed E-state index contributed by atoms with van der Waals surface area (Å²) in [7, 11) is -4.51. The second-order valence-electron chi connectivity index (χ2n) is 5.46. The Kier molecular flexibility index (Phi) is 4.14. The van der Waals surface area contributed by atoms with Gasteiger partial charge in [0.15, 0.2) is 11.5 Å². The summed E-state index contributed by atoms with van der Waals surface area (Å²) in [6.45, 7) is -0.768. The molecule has 2 heterocycles. The van der Waals surface area contributed by atoms with Crippen LogP contribution in [0.4, 0.5) is 10.2 Å². The Balaban J connectivity index is 1.92. The number of ether oxygens (including phenoxy) is 1. The molecule has 0 amide bonds. The zero-order valence-electron chi connectivity index (χ0n) is 12.3. The number of nitrogen functional groups attached to an aromatic ring is 1. The SMILES string of the molecule is Nc1ncnc2c1ncn2[C@H]1C=C(F)[C@@](CO)(OCP(=O)(O)O)C1. The van der Waals surface area contributed by atoms with Crippen molar-refractivity contribution in [3.63, 3.8) is 0 Å².